The highest BCUT2D eigenvalue weighted by Crippen LogP contribution is 2.28. The lowest BCUT2D eigenvalue weighted by atomic mass is 10.3. The van der Waals surface area contributed by atoms with Crippen LogP contribution >= 0.6 is 0 Å². The molecule has 1 aromatic heterocycles. The van der Waals surface area contributed by atoms with E-state index in [0.717, 1.165) is 12.4 Å². The number of alkyl halides is 3. The van der Waals surface area contributed by atoms with Gasteiger partial charge in [-0.15, -0.1) is 0 Å². The zero-order valence-corrected chi connectivity index (χ0v) is 10.4. The van der Waals surface area contributed by atoms with Crippen LogP contribution in [0.1, 0.15) is 5.69 Å². The Balaban J connectivity index is 2.04. The normalized spacial score (nSPS) is 20.3. The van der Waals surface area contributed by atoms with Gasteiger partial charge in [0.25, 0.3) is 0 Å². The maximum Gasteiger partial charge on any atom is 0.433 e. The van der Waals surface area contributed by atoms with E-state index in [0.29, 0.717) is 26.4 Å². The Kier molecular flexibility index (Phi) is 4.20. The second kappa shape index (κ2) is 5.70. The van der Waals surface area contributed by atoms with Crippen molar-refractivity contribution in [1.82, 2.24) is 9.97 Å². The van der Waals surface area contributed by atoms with E-state index in [1.54, 1.807) is 11.9 Å². The second-order valence-corrected chi connectivity index (χ2v) is 4.21. The molecule has 1 saturated heterocycles. The highest BCUT2D eigenvalue weighted by molar-refractivity contribution is 5.38. The fourth-order valence-electron chi connectivity index (χ4n) is 1.75. The number of hydrogen-bond donors (Lipinski definition) is 0. The van der Waals surface area contributed by atoms with Crippen molar-refractivity contribution in [2.24, 2.45) is 0 Å². The molecule has 1 unspecified atom stereocenters. The molecule has 8 heteroatoms. The summed E-state index contributed by atoms with van der Waals surface area (Å²) in [7, 11) is 1.65. The van der Waals surface area contributed by atoms with Gasteiger partial charge in [-0.1, -0.05) is 0 Å². The predicted molar refractivity (Wildman–Crippen MR) is 60.9 cm³/mol. The SMILES string of the molecule is CN(CC1COCCO1)c1cc(C(F)(F)F)ncn1. The van der Waals surface area contributed by atoms with Crippen LogP contribution in [0.4, 0.5) is 19.0 Å². The van der Waals surface area contributed by atoms with Crippen molar-refractivity contribution in [1.29, 1.82) is 0 Å². The second-order valence-electron chi connectivity index (χ2n) is 4.21. The van der Waals surface area contributed by atoms with Gasteiger partial charge < -0.3 is 14.4 Å². The maximum atomic E-state index is 12.5. The molecular weight excluding hydrogens is 263 g/mol. The molecule has 0 spiro atoms. The lowest BCUT2D eigenvalue weighted by Gasteiger charge is -2.28. The molecule has 0 bridgehead atoms. The third-order valence-electron chi connectivity index (χ3n) is 2.70. The molecule has 0 N–H and O–H groups in total. The van der Waals surface area contributed by atoms with E-state index in [2.05, 4.69) is 9.97 Å². The Morgan fingerprint density at radius 2 is 2.16 bits per heavy atom. The van der Waals surface area contributed by atoms with E-state index in [4.69, 9.17) is 9.47 Å². The number of rotatable bonds is 3. The fourth-order valence-corrected chi connectivity index (χ4v) is 1.75. The van der Waals surface area contributed by atoms with Gasteiger partial charge in [-0.3, -0.25) is 0 Å². The van der Waals surface area contributed by atoms with Gasteiger partial charge in [0.2, 0.25) is 0 Å². The minimum absolute atomic E-state index is 0.164. The van der Waals surface area contributed by atoms with E-state index < -0.39 is 11.9 Å². The predicted octanol–water partition coefficient (Wildman–Crippen LogP) is 1.35. The molecule has 106 valence electrons. The van der Waals surface area contributed by atoms with Gasteiger partial charge in [0.05, 0.1) is 25.9 Å². The zero-order valence-electron chi connectivity index (χ0n) is 10.4. The van der Waals surface area contributed by atoms with Gasteiger partial charge >= 0.3 is 6.18 Å². The number of anilines is 1. The highest BCUT2D eigenvalue weighted by atomic mass is 19.4. The van der Waals surface area contributed by atoms with Crippen molar-refractivity contribution in [2.45, 2.75) is 12.3 Å². The summed E-state index contributed by atoms with van der Waals surface area (Å²) in [5, 5.41) is 0. The van der Waals surface area contributed by atoms with Gasteiger partial charge in [-0.2, -0.15) is 13.2 Å². The van der Waals surface area contributed by atoms with Gasteiger partial charge in [0, 0.05) is 19.7 Å². The maximum absolute atomic E-state index is 12.5. The van der Waals surface area contributed by atoms with Crippen LogP contribution in [0.3, 0.4) is 0 Å². The van der Waals surface area contributed by atoms with Crippen LogP contribution in [0.15, 0.2) is 12.4 Å². The summed E-state index contributed by atoms with van der Waals surface area (Å²) in [6.45, 7) is 1.89. The first-order valence-corrected chi connectivity index (χ1v) is 5.76. The van der Waals surface area contributed by atoms with Crippen LogP contribution < -0.4 is 4.90 Å². The summed E-state index contributed by atoms with van der Waals surface area (Å²) in [5.74, 6) is 0.205. The monoisotopic (exact) mass is 277 g/mol. The summed E-state index contributed by atoms with van der Waals surface area (Å²) < 4.78 is 48.3. The number of aromatic nitrogens is 2. The fraction of sp³-hybridized carbons (Fsp3) is 0.636. The van der Waals surface area contributed by atoms with Crippen molar-refractivity contribution in [3.05, 3.63) is 18.1 Å². The molecule has 19 heavy (non-hydrogen) atoms. The molecule has 2 rings (SSSR count). The lowest BCUT2D eigenvalue weighted by Crippen LogP contribution is -2.38. The smallest absolute Gasteiger partial charge is 0.376 e. The Hall–Kier alpha value is -1.41. The molecule has 0 aromatic carbocycles. The molecule has 2 heterocycles. The molecule has 0 amide bonds. The topological polar surface area (TPSA) is 47.5 Å². The average molecular weight is 277 g/mol. The van der Waals surface area contributed by atoms with Gasteiger partial charge in [-0.05, 0) is 0 Å². The van der Waals surface area contributed by atoms with E-state index in [9.17, 15) is 13.2 Å². The molecule has 0 radical (unpaired) electrons. The standard InChI is InChI=1S/C11H14F3N3O2/c1-17(5-8-6-18-2-3-19-8)10-4-9(11(12,13)14)15-7-16-10/h4,7-8H,2-3,5-6H2,1H3. The number of ether oxygens (including phenoxy) is 2. The minimum Gasteiger partial charge on any atom is -0.376 e. The van der Waals surface area contributed by atoms with E-state index in [1.807, 2.05) is 0 Å². The number of halogens is 3. The summed E-state index contributed by atoms with van der Waals surface area (Å²) in [5.41, 5.74) is -0.954. The van der Waals surface area contributed by atoms with Crippen LogP contribution in [0.5, 0.6) is 0 Å². The molecular formula is C11H14F3N3O2. The van der Waals surface area contributed by atoms with Gasteiger partial charge in [-0.25, -0.2) is 9.97 Å². The molecule has 5 nitrogen and oxygen atoms in total. The number of nitrogens with zero attached hydrogens (tertiary/aromatic N) is 3. The van der Waals surface area contributed by atoms with Crippen LogP contribution in [0, 0.1) is 0 Å². The van der Waals surface area contributed by atoms with Crippen LogP contribution in [-0.2, 0) is 15.7 Å². The molecule has 1 aromatic rings. The van der Waals surface area contributed by atoms with Crippen molar-refractivity contribution in [3.63, 3.8) is 0 Å². The van der Waals surface area contributed by atoms with Crippen LogP contribution in [-0.4, -0.2) is 49.5 Å². The Morgan fingerprint density at radius 3 is 2.79 bits per heavy atom. The Bertz CT molecular complexity index is 422. The molecule has 1 aliphatic heterocycles. The Labute approximate surface area is 108 Å². The summed E-state index contributed by atoms with van der Waals surface area (Å²) >= 11 is 0. The largest absolute Gasteiger partial charge is 0.433 e. The first kappa shape index (κ1) is 14.0. The van der Waals surface area contributed by atoms with Crippen molar-refractivity contribution in [3.8, 4) is 0 Å². The van der Waals surface area contributed by atoms with E-state index in [-0.39, 0.29) is 11.9 Å². The third kappa shape index (κ3) is 3.77. The molecule has 0 aliphatic carbocycles. The lowest BCUT2D eigenvalue weighted by molar-refractivity contribution is -0.141. The summed E-state index contributed by atoms with van der Waals surface area (Å²) in [4.78, 5) is 8.65. The van der Waals surface area contributed by atoms with Crippen molar-refractivity contribution >= 4 is 5.82 Å². The summed E-state index contributed by atoms with van der Waals surface area (Å²) in [6, 6.07) is 0.920. The van der Waals surface area contributed by atoms with Gasteiger partial charge in [0.15, 0.2) is 0 Å². The van der Waals surface area contributed by atoms with E-state index in [1.165, 1.54) is 0 Å². The van der Waals surface area contributed by atoms with E-state index >= 15 is 0 Å². The quantitative estimate of drug-likeness (QED) is 0.834. The average Bonchev–Trinajstić information content (AvgIpc) is 2.39. The zero-order chi connectivity index (χ0) is 13.9. The minimum atomic E-state index is -4.47. The van der Waals surface area contributed by atoms with Gasteiger partial charge in [0.1, 0.15) is 17.8 Å². The third-order valence-corrected chi connectivity index (χ3v) is 2.70. The van der Waals surface area contributed by atoms with Crippen molar-refractivity contribution in [2.75, 3.05) is 38.3 Å². The highest BCUT2D eigenvalue weighted by Gasteiger charge is 2.33. The molecule has 1 atom stereocenters. The van der Waals surface area contributed by atoms with Crippen molar-refractivity contribution < 1.29 is 22.6 Å². The number of likely N-dealkylation sites (N-methyl/N-ethyl adjacent to an activating group) is 1. The number of hydrogen-bond acceptors (Lipinski definition) is 5. The molecule has 0 saturated carbocycles. The first-order chi connectivity index (χ1) is 8.97. The molecule has 1 fully saturated rings. The van der Waals surface area contributed by atoms with Crippen LogP contribution in [0.2, 0.25) is 0 Å². The Morgan fingerprint density at radius 1 is 1.37 bits per heavy atom. The van der Waals surface area contributed by atoms with Crippen LogP contribution in [0.25, 0.3) is 0 Å². The summed E-state index contributed by atoms with van der Waals surface area (Å²) in [6.07, 6.45) is -3.72. The first-order valence-electron chi connectivity index (χ1n) is 5.76. The molecule has 1 aliphatic rings.